The molecule has 0 bridgehead atoms. The Morgan fingerprint density at radius 3 is 0.866 bits per heavy atom. The van der Waals surface area contributed by atoms with Crippen molar-refractivity contribution in [2.75, 3.05) is 0 Å². The average molecular weight is 1670 g/mol. The summed E-state index contributed by atoms with van der Waals surface area (Å²) in [7, 11) is 0. The number of rotatable bonds is 7. The molecule has 0 saturated carbocycles. The van der Waals surface area contributed by atoms with Gasteiger partial charge in [0.25, 0.3) is 12.2 Å². The molecule has 0 aromatic carbocycles. The Balaban J connectivity index is -0.000000115. The number of carbonyl (C=O) groups is 15. The van der Waals surface area contributed by atoms with Crippen LogP contribution in [-0.4, -0.2) is 149 Å². The molecule has 0 rings (SSSR count). The number of hydroxylamine groups is 2. The third-order valence-corrected chi connectivity index (χ3v) is 4.60. The number of ether oxygens (including phenoxy) is 3. The van der Waals surface area contributed by atoms with Crippen LogP contribution in [0.5, 0.6) is 0 Å². The minimum atomic E-state index is -1.55. The van der Waals surface area contributed by atoms with Crippen molar-refractivity contribution in [2.45, 2.75) is 108 Å². The van der Waals surface area contributed by atoms with Crippen LogP contribution in [0.25, 0.3) is 0 Å². The van der Waals surface area contributed by atoms with Gasteiger partial charge in [-0.25, -0.2) is 206 Å². The first-order valence-corrected chi connectivity index (χ1v) is 23.3. The van der Waals surface area contributed by atoms with Gasteiger partial charge in [0, 0.05) is 43.8 Å². The number of isocyanates is 2. The number of nitrogens with two attached hydrogens (primary N) is 1. The number of nitriles is 3. The van der Waals surface area contributed by atoms with E-state index in [-0.39, 0.29) is 57.3 Å². The topological polar surface area (TPSA) is 811 Å². The molecular formula is C36H63N21O38SU. The summed E-state index contributed by atoms with van der Waals surface area (Å²) >= 11 is 0. The minimum absolute atomic E-state index is 0. The predicted octanol–water partition coefficient (Wildman–Crippen LogP) is -0.730. The molecule has 0 aliphatic heterocycles. The first kappa shape index (κ1) is 106. The van der Waals surface area contributed by atoms with Crippen molar-refractivity contribution in [1.82, 2.24) is 81.2 Å². The first-order valence-electron chi connectivity index (χ1n) is 23.3. The number of nitrogens with zero attached hydrogens (tertiary/aromatic N) is 6. The molecule has 0 heterocycles. The van der Waals surface area contributed by atoms with E-state index in [1.165, 1.54) is 62.8 Å². The molecule has 550 valence electrons. The van der Waals surface area contributed by atoms with Crippen LogP contribution in [0.2, 0.25) is 0 Å². The molecule has 0 spiro atoms. The maximum Gasteiger partial charge on any atom is 0.483 e. The molecule has 19 N–H and O–H groups in total. The van der Waals surface area contributed by atoms with Crippen molar-refractivity contribution in [3.63, 3.8) is 0 Å². The van der Waals surface area contributed by atoms with Crippen molar-refractivity contribution >= 4 is 117 Å². The number of hydrazine groups is 7. The number of hydrazone groups is 1. The Hall–Kier alpha value is -13.1. The largest absolute Gasteiger partial charge is 0.483 e. The zero-order valence-corrected chi connectivity index (χ0v) is 56.4. The van der Waals surface area contributed by atoms with Gasteiger partial charge in [-0.2, -0.15) is 18.9 Å². The smallest absolute Gasteiger partial charge is 0.446 e. The van der Waals surface area contributed by atoms with Gasteiger partial charge in [-0.1, -0.05) is 32.8 Å². The molecule has 97 heavy (non-hydrogen) atoms. The minimum Gasteiger partial charge on any atom is -0.446 e. The van der Waals surface area contributed by atoms with Gasteiger partial charge in [-0.15, -0.1) is 31.9 Å². The molecule has 61 heteroatoms. The van der Waals surface area contributed by atoms with Crippen molar-refractivity contribution in [3.8, 4) is 18.8 Å². The summed E-state index contributed by atoms with van der Waals surface area (Å²) in [4.78, 5) is 240. The van der Waals surface area contributed by atoms with Crippen LogP contribution in [0, 0.1) is 65.7 Å². The first-order chi connectivity index (χ1) is 44.8. The van der Waals surface area contributed by atoms with Crippen LogP contribution in [0.4, 0.5) is 71.9 Å². The number of hydrogen-bond donors (Lipinski definition) is 18. The van der Waals surface area contributed by atoms with Gasteiger partial charge >= 0.3 is 110 Å². The van der Waals surface area contributed by atoms with E-state index in [0.29, 0.717) is 0 Å². The Labute approximate surface area is 571 Å². The summed E-state index contributed by atoms with van der Waals surface area (Å²) in [5.41, 5.74) is 21.6. The zero-order chi connectivity index (χ0) is 75.1. The van der Waals surface area contributed by atoms with E-state index < -0.39 is 110 Å². The molecule has 0 unspecified atom stereocenters. The molecule has 0 saturated heterocycles. The Bertz CT molecular complexity index is 2590. The normalized spacial score (nSPS) is 7.97. The number of carbonyl (C=O) groups excluding carboxylic acids is 17. The van der Waals surface area contributed by atoms with E-state index in [1.54, 1.807) is 68.7 Å². The average Bonchev–Trinajstić information content (AvgIpc) is 3.50. The van der Waals surface area contributed by atoms with E-state index in [0.717, 1.165) is 30.9 Å². The number of amides is 15. The van der Waals surface area contributed by atoms with Crippen LogP contribution >= 0.6 is 13.5 Å². The summed E-state index contributed by atoms with van der Waals surface area (Å²) in [5, 5.41) is 48.4. The monoisotopic (exact) mass is 1670 g/mol. The third kappa shape index (κ3) is 91.8. The summed E-state index contributed by atoms with van der Waals surface area (Å²) in [6, 6.07) is 0. The number of hydrogen-bond acceptors (Lipinski definition) is 44. The Kier molecular flexibility index (Phi) is 82.1. The molecule has 0 fully saturated rings. The summed E-state index contributed by atoms with van der Waals surface area (Å²) < 4.78 is 13.8. The molecule has 0 radical (unpaired) electrons. The van der Waals surface area contributed by atoms with Gasteiger partial charge in [0.1, 0.15) is 0 Å². The predicted molar refractivity (Wildman–Crippen MR) is 287 cm³/mol. The molecule has 0 aliphatic carbocycles. The van der Waals surface area contributed by atoms with E-state index in [2.05, 4.69) is 97.6 Å². The van der Waals surface area contributed by atoms with Gasteiger partial charge in [-0.05, 0) is 55.4 Å². The molecule has 15 amide bonds. The summed E-state index contributed by atoms with van der Waals surface area (Å²) in [6.07, 6.45) is -17.5. The van der Waals surface area contributed by atoms with Gasteiger partial charge in [0.15, 0.2) is 0 Å². The van der Waals surface area contributed by atoms with Crippen LogP contribution in [0.15, 0.2) is 10.3 Å². The number of nitrogens with one attached hydrogen (secondary N) is 14. The second-order valence-electron chi connectivity index (χ2n) is 12.9. The number of aliphatic hydroxyl groups excluding tert-OH is 1. The maximum absolute atomic E-state index is 11.3. The van der Waals surface area contributed by atoms with Crippen LogP contribution in [-0.2, 0) is 97.0 Å². The van der Waals surface area contributed by atoms with Crippen LogP contribution in [0.3, 0.4) is 0 Å². The van der Waals surface area contributed by atoms with Crippen molar-refractivity contribution < 1.29 is 217 Å². The van der Waals surface area contributed by atoms with Gasteiger partial charge < -0.3 is 19.3 Å². The van der Waals surface area contributed by atoms with E-state index in [4.69, 9.17) is 42.0 Å². The quantitative estimate of drug-likeness (QED) is 0.0218. The fourth-order valence-corrected chi connectivity index (χ4v) is 2.33. The standard InChI is InChI=1S/C12H21N7O12.C9H12N6O11.C6H4N6O10.C3H8O.C2N2O2.2C2H6.H2O2.H2S.U.H2/c1-5(2)26-7(20)14-15-8(21)28-29-9(22)16-17-10(23)30-31-11(24)18-19(13)12(25)27-6(3)4;1-4(2)22-5(16)11-12-6(17)23-24-7(18)13-14-8(19)25-26-9(20)15-21-3-10;7-1-18-12-6(17)22-21-5(16)11-10-4(15)20-19-3(14)9-8-2-13;1-3(2)4;3-1-6-4-2-5;3*1-2;;;/h5-6H,13H2,1-4H3,(H,14,20)(H,15,21)(H,16,22)(H,17,23)(H,18,24);4H,1-2H3,(H,11,16)(H,12,17)(H,13,18)(H,14,19)(H,15,20);(H,9,14)(H,10,15)(H,11,16)(H,12,17);3-4H,1-2H3;;2*1-2H3;1-2H;1H2;;1H/i;;;;;;;;;;1+2. The third-order valence-electron chi connectivity index (χ3n) is 4.60. The summed E-state index contributed by atoms with van der Waals surface area (Å²) in [5.74, 6) is 5.13. The Morgan fingerprint density at radius 2 is 0.649 bits per heavy atom. The Morgan fingerprint density at radius 1 is 0.412 bits per heavy atom. The van der Waals surface area contributed by atoms with Crippen molar-refractivity contribution in [2.24, 2.45) is 16.1 Å². The van der Waals surface area contributed by atoms with E-state index >= 15 is 0 Å². The number of aliphatic hydroxyl groups is 1. The zero-order valence-electron chi connectivity index (χ0n) is 51.2. The van der Waals surface area contributed by atoms with E-state index in [9.17, 15) is 76.7 Å². The fraction of sp³-hybridized carbons (Fsp3) is 0.444. The molecule has 59 nitrogen and oxygen atoms in total. The fourth-order valence-electron chi connectivity index (χ4n) is 2.33. The molecular weight excluding hydrogens is 1600 g/mol. The van der Waals surface area contributed by atoms with Gasteiger partial charge in [0.2, 0.25) is 0 Å². The van der Waals surface area contributed by atoms with Crippen LogP contribution < -0.4 is 81.9 Å². The summed E-state index contributed by atoms with van der Waals surface area (Å²) in [6.45, 7) is 20.7. The molecule has 0 aromatic rings. The molecule has 0 aliphatic rings. The SMILES string of the molecule is CC.CC.CC(C)O.CC(C)OC(=O)NNC(=O)OOC(=O)NNC(=O)OOC(=O)NN(N)C(=O)OC(C)C.CC(C)OC(=O)NNC(=O)OOC(=O)NNC(=O)OOC(=O)NOC#N.N#CON=C=O.N#CONC(=O)OOC(=O)NNC(=O)OOC(=O)NN=C=O.OO.S.[3HH].[U]. The molecule has 0 aromatic heterocycles. The second kappa shape index (κ2) is 75.4. The van der Waals surface area contributed by atoms with E-state index in [1.807, 2.05) is 27.7 Å². The molecule has 0 atom stereocenters. The second-order valence-corrected chi connectivity index (χ2v) is 12.9. The van der Waals surface area contributed by atoms with Gasteiger partial charge in [0.05, 0.1) is 18.3 Å². The van der Waals surface area contributed by atoms with Crippen molar-refractivity contribution in [3.05, 3.63) is 0 Å². The maximum atomic E-state index is 11.3. The van der Waals surface area contributed by atoms with Crippen molar-refractivity contribution in [1.29, 1.82) is 15.8 Å². The van der Waals surface area contributed by atoms with Gasteiger partial charge in [-0.3, -0.25) is 25.0 Å². The van der Waals surface area contributed by atoms with Crippen LogP contribution in [0.1, 0.15) is 84.5 Å².